The number of ether oxygens (including phenoxy) is 1. The van der Waals surface area contributed by atoms with Crippen LogP contribution in [-0.4, -0.2) is 22.8 Å². The third-order valence-corrected chi connectivity index (χ3v) is 5.26. The topological polar surface area (TPSA) is 27.1 Å². The molecule has 0 N–H and O–H groups in total. The standard InChI is InChI=1S/C16H20ClIN2O/c1-10(17)16-19-14-9-13(18)3-4-15(14)20(16)11(2)12-5-7-21-8-6-12/h3-4,9-12H,5-8H2,1-2H3. The summed E-state index contributed by atoms with van der Waals surface area (Å²) in [6.07, 6.45) is 2.22. The Morgan fingerprint density at radius 1 is 1.33 bits per heavy atom. The molecule has 1 aliphatic rings. The molecule has 114 valence electrons. The van der Waals surface area contributed by atoms with Gasteiger partial charge in [0.15, 0.2) is 0 Å². The van der Waals surface area contributed by atoms with Crippen molar-refractivity contribution < 1.29 is 4.74 Å². The smallest absolute Gasteiger partial charge is 0.127 e. The summed E-state index contributed by atoms with van der Waals surface area (Å²) in [4.78, 5) is 4.78. The molecule has 1 aliphatic heterocycles. The maximum Gasteiger partial charge on any atom is 0.127 e. The van der Waals surface area contributed by atoms with Crippen molar-refractivity contribution in [2.75, 3.05) is 13.2 Å². The highest BCUT2D eigenvalue weighted by Gasteiger charge is 2.26. The Bertz CT molecular complexity index is 634. The monoisotopic (exact) mass is 418 g/mol. The summed E-state index contributed by atoms with van der Waals surface area (Å²) in [5.74, 6) is 1.61. The lowest BCUT2D eigenvalue weighted by Crippen LogP contribution is -2.25. The number of hydrogen-bond acceptors (Lipinski definition) is 2. The summed E-state index contributed by atoms with van der Waals surface area (Å²) in [5, 5.41) is -0.0858. The normalized spacial score (nSPS) is 19.8. The zero-order valence-corrected chi connectivity index (χ0v) is 15.3. The highest BCUT2D eigenvalue weighted by Crippen LogP contribution is 2.35. The van der Waals surface area contributed by atoms with Crippen molar-refractivity contribution in [3.8, 4) is 0 Å². The largest absolute Gasteiger partial charge is 0.381 e. The first-order chi connectivity index (χ1) is 10.1. The molecular weight excluding hydrogens is 399 g/mol. The first-order valence-electron chi connectivity index (χ1n) is 7.47. The predicted octanol–water partition coefficient (Wildman–Crippen LogP) is 4.93. The SMILES string of the molecule is CC(Cl)c1nc2cc(I)ccc2n1C(C)C1CCOCC1. The van der Waals surface area contributed by atoms with E-state index in [1.54, 1.807) is 0 Å². The molecule has 0 bridgehead atoms. The van der Waals surface area contributed by atoms with Gasteiger partial charge in [0.2, 0.25) is 0 Å². The maximum atomic E-state index is 6.39. The van der Waals surface area contributed by atoms with Crippen LogP contribution in [0.25, 0.3) is 11.0 Å². The summed E-state index contributed by atoms with van der Waals surface area (Å²) < 4.78 is 9.05. The molecule has 0 amide bonds. The zero-order valence-electron chi connectivity index (χ0n) is 12.4. The van der Waals surface area contributed by atoms with E-state index in [9.17, 15) is 0 Å². The van der Waals surface area contributed by atoms with Gasteiger partial charge < -0.3 is 9.30 Å². The number of rotatable bonds is 3. The third-order valence-electron chi connectivity index (χ3n) is 4.39. The summed E-state index contributed by atoms with van der Waals surface area (Å²) in [5.41, 5.74) is 2.24. The van der Waals surface area contributed by atoms with Gasteiger partial charge in [-0.2, -0.15) is 0 Å². The third kappa shape index (κ3) is 3.08. The minimum absolute atomic E-state index is 0.0858. The highest BCUT2D eigenvalue weighted by molar-refractivity contribution is 14.1. The van der Waals surface area contributed by atoms with E-state index in [1.807, 2.05) is 6.92 Å². The fourth-order valence-electron chi connectivity index (χ4n) is 3.21. The van der Waals surface area contributed by atoms with Crippen molar-refractivity contribution >= 4 is 45.2 Å². The van der Waals surface area contributed by atoms with Crippen molar-refractivity contribution in [3.05, 3.63) is 27.6 Å². The van der Waals surface area contributed by atoms with E-state index < -0.39 is 0 Å². The zero-order chi connectivity index (χ0) is 15.0. The number of imidazole rings is 1. The molecule has 2 unspecified atom stereocenters. The minimum atomic E-state index is -0.0858. The van der Waals surface area contributed by atoms with Crippen LogP contribution in [0.4, 0.5) is 0 Å². The Labute approximate surface area is 144 Å². The molecule has 2 heterocycles. The summed E-state index contributed by atoms with van der Waals surface area (Å²) in [7, 11) is 0. The second-order valence-corrected chi connectivity index (χ2v) is 7.68. The molecule has 0 aliphatic carbocycles. The van der Waals surface area contributed by atoms with Crippen molar-refractivity contribution in [3.63, 3.8) is 0 Å². The summed E-state index contributed by atoms with van der Waals surface area (Å²) in [6.45, 7) is 6.02. The maximum absolute atomic E-state index is 6.39. The second kappa shape index (κ2) is 6.42. The van der Waals surface area contributed by atoms with Crippen LogP contribution in [0.2, 0.25) is 0 Å². The molecule has 0 spiro atoms. The minimum Gasteiger partial charge on any atom is -0.381 e. The van der Waals surface area contributed by atoms with E-state index in [-0.39, 0.29) is 5.38 Å². The van der Waals surface area contributed by atoms with Crippen molar-refractivity contribution in [2.45, 2.75) is 38.1 Å². The molecule has 1 aromatic carbocycles. The number of nitrogens with zero attached hydrogens (tertiary/aromatic N) is 2. The Morgan fingerprint density at radius 3 is 2.71 bits per heavy atom. The summed E-state index contributed by atoms with van der Waals surface area (Å²) in [6, 6.07) is 6.84. The lowest BCUT2D eigenvalue weighted by molar-refractivity contribution is 0.0515. The molecule has 1 saturated heterocycles. The van der Waals surface area contributed by atoms with E-state index >= 15 is 0 Å². The van der Waals surface area contributed by atoms with Gasteiger partial charge in [-0.15, -0.1) is 11.6 Å². The van der Waals surface area contributed by atoms with Crippen LogP contribution < -0.4 is 0 Å². The van der Waals surface area contributed by atoms with Crippen LogP contribution in [0.5, 0.6) is 0 Å². The van der Waals surface area contributed by atoms with Gasteiger partial charge in [0, 0.05) is 22.8 Å². The Kier molecular flexibility index (Phi) is 4.76. The van der Waals surface area contributed by atoms with E-state index in [0.717, 1.165) is 37.4 Å². The molecule has 0 saturated carbocycles. The molecule has 3 rings (SSSR count). The van der Waals surface area contributed by atoms with Crippen LogP contribution in [0.1, 0.15) is 43.9 Å². The number of alkyl halides is 1. The van der Waals surface area contributed by atoms with Crippen LogP contribution in [0.15, 0.2) is 18.2 Å². The van der Waals surface area contributed by atoms with Gasteiger partial charge in [-0.25, -0.2) is 4.98 Å². The molecule has 21 heavy (non-hydrogen) atoms. The number of aromatic nitrogens is 2. The highest BCUT2D eigenvalue weighted by atomic mass is 127. The predicted molar refractivity (Wildman–Crippen MR) is 95.0 cm³/mol. The van der Waals surface area contributed by atoms with Gasteiger partial charge in [-0.1, -0.05) is 0 Å². The molecule has 2 aromatic rings. The lowest BCUT2D eigenvalue weighted by Gasteiger charge is -2.30. The first kappa shape index (κ1) is 15.6. The van der Waals surface area contributed by atoms with Crippen LogP contribution in [0.3, 0.4) is 0 Å². The molecule has 1 aromatic heterocycles. The Morgan fingerprint density at radius 2 is 2.05 bits per heavy atom. The first-order valence-corrected chi connectivity index (χ1v) is 8.98. The summed E-state index contributed by atoms with van der Waals surface area (Å²) >= 11 is 8.72. The Balaban J connectivity index is 2.07. The number of halogens is 2. The fourth-order valence-corrected chi connectivity index (χ4v) is 3.84. The van der Waals surface area contributed by atoms with Gasteiger partial charge in [0.25, 0.3) is 0 Å². The number of hydrogen-bond donors (Lipinski definition) is 0. The van der Waals surface area contributed by atoms with Crippen molar-refractivity contribution in [2.24, 2.45) is 5.92 Å². The van der Waals surface area contributed by atoms with E-state index in [0.29, 0.717) is 12.0 Å². The van der Waals surface area contributed by atoms with E-state index in [2.05, 4.69) is 52.3 Å². The van der Waals surface area contributed by atoms with Crippen LogP contribution in [0, 0.1) is 9.49 Å². The average molecular weight is 419 g/mol. The van der Waals surface area contributed by atoms with Gasteiger partial charge in [-0.3, -0.25) is 0 Å². The number of fused-ring (bicyclic) bond motifs is 1. The van der Waals surface area contributed by atoms with Gasteiger partial charge in [0.05, 0.1) is 16.4 Å². The fraction of sp³-hybridized carbons (Fsp3) is 0.562. The van der Waals surface area contributed by atoms with Crippen LogP contribution in [-0.2, 0) is 4.74 Å². The quantitative estimate of drug-likeness (QED) is 0.522. The van der Waals surface area contributed by atoms with Crippen molar-refractivity contribution in [1.29, 1.82) is 0 Å². The Hall–Kier alpha value is -0.330. The van der Waals surface area contributed by atoms with Crippen LogP contribution >= 0.6 is 34.2 Å². The van der Waals surface area contributed by atoms with Gasteiger partial charge in [-0.05, 0) is 73.4 Å². The van der Waals surface area contributed by atoms with Crippen molar-refractivity contribution in [1.82, 2.24) is 9.55 Å². The molecule has 1 fully saturated rings. The lowest BCUT2D eigenvalue weighted by atomic mass is 9.92. The molecule has 2 atom stereocenters. The molecule has 5 heteroatoms. The average Bonchev–Trinajstić information content (AvgIpc) is 2.86. The number of benzene rings is 1. The molecule has 0 radical (unpaired) electrons. The molecule has 3 nitrogen and oxygen atoms in total. The molecular formula is C16H20ClIN2O. The van der Waals surface area contributed by atoms with Gasteiger partial charge in [0.1, 0.15) is 5.82 Å². The second-order valence-electron chi connectivity index (χ2n) is 5.78. The van der Waals surface area contributed by atoms with E-state index in [1.165, 1.54) is 9.09 Å². The van der Waals surface area contributed by atoms with E-state index in [4.69, 9.17) is 21.3 Å². The van der Waals surface area contributed by atoms with Gasteiger partial charge >= 0.3 is 0 Å².